The summed E-state index contributed by atoms with van der Waals surface area (Å²) in [6.07, 6.45) is 8.31. The monoisotopic (exact) mass is 384 g/mol. The zero-order valence-corrected chi connectivity index (χ0v) is 17.1. The fraction of sp³-hybridized carbons (Fsp3) is 0.737. The number of carbonyl (C=O) groups is 2. The highest BCUT2D eigenvalue weighted by Crippen LogP contribution is 2.15. The van der Waals surface area contributed by atoms with Gasteiger partial charge < -0.3 is 14.4 Å². The molecule has 148 valence electrons. The van der Waals surface area contributed by atoms with Crippen molar-refractivity contribution in [3.8, 4) is 0 Å². The van der Waals surface area contributed by atoms with Gasteiger partial charge in [0, 0.05) is 32.1 Å². The molecule has 0 fully saturated rings. The van der Waals surface area contributed by atoms with Crippen LogP contribution < -0.4 is 0 Å². The Hall–Kier alpha value is -1.47. The molecule has 0 spiro atoms. The molecule has 0 aromatic carbocycles. The number of esters is 1. The summed E-state index contributed by atoms with van der Waals surface area (Å²) in [7, 11) is 2.99. The van der Waals surface area contributed by atoms with Crippen LogP contribution in [-0.4, -0.2) is 49.1 Å². The van der Waals surface area contributed by atoms with E-state index in [-0.39, 0.29) is 5.91 Å². The van der Waals surface area contributed by atoms with Crippen LogP contribution in [0.15, 0.2) is 5.38 Å². The summed E-state index contributed by atoms with van der Waals surface area (Å²) in [4.78, 5) is 30.2. The largest absolute Gasteiger partial charge is 0.464 e. The van der Waals surface area contributed by atoms with Crippen LogP contribution in [0.25, 0.3) is 0 Å². The number of hydrogen-bond acceptors (Lipinski definition) is 6. The van der Waals surface area contributed by atoms with Crippen LogP contribution in [0.2, 0.25) is 0 Å². The maximum absolute atomic E-state index is 12.6. The summed E-state index contributed by atoms with van der Waals surface area (Å²) < 4.78 is 9.78. The maximum atomic E-state index is 12.6. The van der Waals surface area contributed by atoms with E-state index in [2.05, 4.69) is 16.6 Å². The van der Waals surface area contributed by atoms with Gasteiger partial charge in [-0.1, -0.05) is 39.0 Å². The molecule has 0 aliphatic rings. The van der Waals surface area contributed by atoms with E-state index < -0.39 is 5.97 Å². The predicted molar refractivity (Wildman–Crippen MR) is 103 cm³/mol. The van der Waals surface area contributed by atoms with Crippen molar-refractivity contribution in [1.29, 1.82) is 0 Å². The highest BCUT2D eigenvalue weighted by molar-refractivity contribution is 7.09. The molecule has 0 aliphatic carbocycles. The zero-order valence-electron chi connectivity index (χ0n) is 16.3. The minimum Gasteiger partial charge on any atom is -0.464 e. The maximum Gasteiger partial charge on any atom is 0.357 e. The fourth-order valence-corrected chi connectivity index (χ4v) is 3.43. The Kier molecular flexibility index (Phi) is 11.9. The molecule has 26 heavy (non-hydrogen) atoms. The number of nitrogens with zero attached hydrogens (tertiary/aromatic N) is 2. The molecule has 0 saturated heterocycles. The van der Waals surface area contributed by atoms with Crippen molar-refractivity contribution >= 4 is 23.2 Å². The molecular weight excluding hydrogens is 352 g/mol. The molecule has 0 saturated carbocycles. The fourth-order valence-electron chi connectivity index (χ4n) is 2.65. The third-order valence-corrected chi connectivity index (χ3v) is 4.98. The van der Waals surface area contributed by atoms with Crippen molar-refractivity contribution in [2.45, 2.75) is 64.8 Å². The van der Waals surface area contributed by atoms with Crippen molar-refractivity contribution < 1.29 is 19.1 Å². The van der Waals surface area contributed by atoms with Gasteiger partial charge in [-0.05, 0) is 12.8 Å². The summed E-state index contributed by atoms with van der Waals surface area (Å²) in [6, 6.07) is 0. The van der Waals surface area contributed by atoms with Gasteiger partial charge in [-0.3, -0.25) is 4.79 Å². The Balaban J connectivity index is 2.53. The third-order valence-electron chi connectivity index (χ3n) is 4.15. The van der Waals surface area contributed by atoms with E-state index in [0.717, 1.165) is 24.3 Å². The lowest BCUT2D eigenvalue weighted by molar-refractivity contribution is -0.132. The molecule has 0 unspecified atom stereocenters. The van der Waals surface area contributed by atoms with Crippen molar-refractivity contribution in [3.63, 3.8) is 0 Å². The van der Waals surface area contributed by atoms with E-state index >= 15 is 0 Å². The number of rotatable bonds is 14. The van der Waals surface area contributed by atoms with Crippen molar-refractivity contribution in [1.82, 2.24) is 9.88 Å². The lowest BCUT2D eigenvalue weighted by Gasteiger charge is -2.21. The molecule has 0 radical (unpaired) electrons. The highest BCUT2D eigenvalue weighted by Gasteiger charge is 2.17. The number of thiazole rings is 1. The van der Waals surface area contributed by atoms with Gasteiger partial charge in [0.15, 0.2) is 5.69 Å². The molecular formula is C19H32N2O4S. The molecule has 0 atom stereocenters. The standard InChI is InChI=1S/C19H32N2O4S/c1-4-5-6-7-8-9-11-18(22)21(12-10-13-24-2)14-17-20-16(15-26-17)19(23)25-3/h15H,4-14H2,1-3H3. The summed E-state index contributed by atoms with van der Waals surface area (Å²) in [5.41, 5.74) is 0.299. The molecule has 1 aromatic rings. The summed E-state index contributed by atoms with van der Waals surface area (Å²) in [6.45, 7) is 3.88. The molecule has 0 N–H and O–H groups in total. The Bertz CT molecular complexity index is 533. The third kappa shape index (κ3) is 8.76. The quantitative estimate of drug-likeness (QED) is 0.358. The van der Waals surface area contributed by atoms with Gasteiger partial charge in [-0.25, -0.2) is 9.78 Å². The average molecular weight is 385 g/mol. The minimum absolute atomic E-state index is 0.145. The molecule has 7 heteroatoms. The number of methoxy groups -OCH3 is 2. The molecule has 1 heterocycles. The van der Waals surface area contributed by atoms with Crippen LogP contribution in [0.4, 0.5) is 0 Å². The number of ether oxygens (including phenoxy) is 2. The van der Waals surface area contributed by atoms with Gasteiger partial charge in [-0.2, -0.15) is 0 Å². The summed E-state index contributed by atoms with van der Waals surface area (Å²) in [5.74, 6) is -0.303. The van der Waals surface area contributed by atoms with E-state index in [1.54, 1.807) is 12.5 Å². The predicted octanol–water partition coefficient (Wildman–Crippen LogP) is 4.05. The van der Waals surface area contributed by atoms with Crippen molar-refractivity contribution in [2.24, 2.45) is 0 Å². The Morgan fingerprint density at radius 1 is 1.12 bits per heavy atom. The molecule has 6 nitrogen and oxygen atoms in total. The first-order valence-corrected chi connectivity index (χ1v) is 10.3. The second kappa shape index (κ2) is 13.7. The topological polar surface area (TPSA) is 68.7 Å². The number of aromatic nitrogens is 1. The van der Waals surface area contributed by atoms with Gasteiger partial charge in [0.1, 0.15) is 5.01 Å². The molecule has 1 amide bonds. The van der Waals surface area contributed by atoms with Crippen LogP contribution in [0.5, 0.6) is 0 Å². The number of carbonyl (C=O) groups excluding carboxylic acids is 2. The molecule has 1 aromatic heterocycles. The van der Waals surface area contributed by atoms with Gasteiger partial charge in [-0.15, -0.1) is 11.3 Å². The first-order chi connectivity index (χ1) is 12.6. The number of unbranched alkanes of at least 4 members (excludes halogenated alkanes) is 5. The van der Waals surface area contributed by atoms with E-state index in [4.69, 9.17) is 4.74 Å². The minimum atomic E-state index is -0.447. The summed E-state index contributed by atoms with van der Waals surface area (Å²) >= 11 is 1.38. The first-order valence-electron chi connectivity index (χ1n) is 9.41. The summed E-state index contributed by atoms with van der Waals surface area (Å²) in [5, 5.41) is 2.42. The average Bonchev–Trinajstić information content (AvgIpc) is 3.11. The second-order valence-electron chi connectivity index (χ2n) is 6.30. The number of hydrogen-bond donors (Lipinski definition) is 0. The van der Waals surface area contributed by atoms with Crippen LogP contribution in [0.3, 0.4) is 0 Å². The van der Waals surface area contributed by atoms with Crippen LogP contribution >= 0.6 is 11.3 Å². The van der Waals surface area contributed by atoms with E-state index in [9.17, 15) is 9.59 Å². The van der Waals surface area contributed by atoms with E-state index in [1.807, 2.05) is 4.90 Å². The molecule has 1 rings (SSSR count). The van der Waals surface area contributed by atoms with Crippen LogP contribution in [0, 0.1) is 0 Å². The van der Waals surface area contributed by atoms with E-state index in [0.29, 0.717) is 31.8 Å². The molecule has 0 aliphatic heterocycles. The highest BCUT2D eigenvalue weighted by atomic mass is 32.1. The smallest absolute Gasteiger partial charge is 0.357 e. The van der Waals surface area contributed by atoms with Gasteiger partial charge in [0.05, 0.1) is 13.7 Å². The zero-order chi connectivity index (χ0) is 19.2. The lowest BCUT2D eigenvalue weighted by Crippen LogP contribution is -2.32. The second-order valence-corrected chi connectivity index (χ2v) is 7.24. The Labute approximate surface area is 160 Å². The SMILES string of the molecule is CCCCCCCCC(=O)N(CCCOC)Cc1nc(C(=O)OC)cs1. The van der Waals surface area contributed by atoms with Gasteiger partial charge >= 0.3 is 5.97 Å². The number of amides is 1. The van der Waals surface area contributed by atoms with E-state index in [1.165, 1.54) is 44.1 Å². The van der Waals surface area contributed by atoms with Crippen LogP contribution in [0.1, 0.15) is 73.8 Å². The normalized spacial score (nSPS) is 10.7. The van der Waals surface area contributed by atoms with Gasteiger partial charge in [0.25, 0.3) is 0 Å². The van der Waals surface area contributed by atoms with Crippen molar-refractivity contribution in [2.75, 3.05) is 27.4 Å². The first kappa shape index (κ1) is 22.6. The Morgan fingerprint density at radius 3 is 2.54 bits per heavy atom. The van der Waals surface area contributed by atoms with Crippen molar-refractivity contribution in [3.05, 3.63) is 16.1 Å². The van der Waals surface area contributed by atoms with Gasteiger partial charge in [0.2, 0.25) is 5.91 Å². The molecule has 0 bridgehead atoms. The van der Waals surface area contributed by atoms with Crippen LogP contribution in [-0.2, 0) is 20.8 Å². The Morgan fingerprint density at radius 2 is 1.85 bits per heavy atom. The lowest BCUT2D eigenvalue weighted by atomic mass is 10.1.